The molecular weight excluding hydrogens is 366 g/mol. The Kier molecular flexibility index (Phi) is 4.99. The van der Waals surface area contributed by atoms with Crippen molar-refractivity contribution in [3.8, 4) is 5.75 Å². The van der Waals surface area contributed by atoms with E-state index in [0.29, 0.717) is 17.7 Å². The molecule has 3 aromatic rings. The van der Waals surface area contributed by atoms with Crippen LogP contribution in [0.15, 0.2) is 35.0 Å². The van der Waals surface area contributed by atoms with E-state index in [1.165, 1.54) is 41.1 Å². The fourth-order valence-electron chi connectivity index (χ4n) is 2.51. The number of benzene rings is 1. The van der Waals surface area contributed by atoms with Crippen LogP contribution in [0.5, 0.6) is 5.75 Å². The van der Waals surface area contributed by atoms with Gasteiger partial charge in [-0.15, -0.1) is 22.7 Å². The maximum absolute atomic E-state index is 12.2. The number of anilines is 1. The number of amides is 1. The first-order chi connectivity index (χ1) is 12.7. The third-order valence-electron chi connectivity index (χ3n) is 4.09. The van der Waals surface area contributed by atoms with E-state index in [9.17, 15) is 4.79 Å². The second kappa shape index (κ2) is 7.55. The van der Waals surface area contributed by atoms with Crippen molar-refractivity contribution in [1.82, 2.24) is 9.97 Å². The highest BCUT2D eigenvalue weighted by molar-refractivity contribution is 7.14. The Bertz CT molecular complexity index is 898. The van der Waals surface area contributed by atoms with Crippen LogP contribution in [0.4, 0.5) is 5.13 Å². The zero-order valence-electron chi connectivity index (χ0n) is 14.4. The molecule has 1 saturated carbocycles. The highest BCUT2D eigenvalue weighted by atomic mass is 32.1. The van der Waals surface area contributed by atoms with Crippen LogP contribution in [0.2, 0.25) is 0 Å². The summed E-state index contributed by atoms with van der Waals surface area (Å²) in [6.45, 7) is 2.45. The van der Waals surface area contributed by atoms with E-state index in [2.05, 4.69) is 15.3 Å². The molecule has 0 radical (unpaired) electrons. The van der Waals surface area contributed by atoms with E-state index in [1.54, 1.807) is 0 Å². The van der Waals surface area contributed by atoms with Gasteiger partial charge in [-0.25, -0.2) is 9.97 Å². The monoisotopic (exact) mass is 385 g/mol. The zero-order valence-corrected chi connectivity index (χ0v) is 16.0. The van der Waals surface area contributed by atoms with Crippen LogP contribution in [0, 0.1) is 6.92 Å². The summed E-state index contributed by atoms with van der Waals surface area (Å²) < 4.78 is 5.73. The summed E-state index contributed by atoms with van der Waals surface area (Å²) in [7, 11) is 0. The van der Waals surface area contributed by atoms with Crippen LogP contribution in [-0.4, -0.2) is 15.9 Å². The average molecular weight is 386 g/mol. The van der Waals surface area contributed by atoms with Crippen molar-refractivity contribution in [3.63, 3.8) is 0 Å². The predicted molar refractivity (Wildman–Crippen MR) is 104 cm³/mol. The molecule has 0 saturated heterocycles. The summed E-state index contributed by atoms with van der Waals surface area (Å²) in [5.74, 6) is 1.34. The second-order valence-electron chi connectivity index (χ2n) is 6.41. The fraction of sp³-hybridized carbons (Fsp3) is 0.316. The first-order valence-electron chi connectivity index (χ1n) is 8.54. The van der Waals surface area contributed by atoms with Crippen molar-refractivity contribution in [2.45, 2.75) is 38.7 Å². The molecule has 0 spiro atoms. The molecule has 1 aliphatic rings. The van der Waals surface area contributed by atoms with Crippen molar-refractivity contribution in [3.05, 3.63) is 57.0 Å². The van der Waals surface area contributed by atoms with E-state index in [0.717, 1.165) is 22.1 Å². The molecule has 1 aliphatic carbocycles. The normalized spacial score (nSPS) is 13.6. The maximum Gasteiger partial charge on any atom is 0.232 e. The van der Waals surface area contributed by atoms with Crippen molar-refractivity contribution < 1.29 is 9.53 Å². The number of aromatic nitrogens is 2. The van der Waals surface area contributed by atoms with Gasteiger partial charge in [-0.1, -0.05) is 17.7 Å². The van der Waals surface area contributed by atoms with Crippen LogP contribution < -0.4 is 10.1 Å². The van der Waals surface area contributed by atoms with E-state index in [4.69, 9.17) is 4.74 Å². The molecule has 1 aromatic carbocycles. The molecule has 1 N–H and O–H groups in total. The largest absolute Gasteiger partial charge is 0.486 e. The summed E-state index contributed by atoms with van der Waals surface area (Å²) in [4.78, 5) is 21.1. The Morgan fingerprint density at radius 1 is 1.19 bits per heavy atom. The molecule has 134 valence electrons. The number of hydrogen-bond acceptors (Lipinski definition) is 6. The Morgan fingerprint density at radius 2 is 2.00 bits per heavy atom. The molecule has 0 aliphatic heterocycles. The molecule has 0 bridgehead atoms. The molecule has 4 rings (SSSR count). The van der Waals surface area contributed by atoms with Crippen molar-refractivity contribution in [2.75, 3.05) is 5.32 Å². The number of ether oxygens (including phenoxy) is 1. The molecule has 2 aromatic heterocycles. The lowest BCUT2D eigenvalue weighted by molar-refractivity contribution is -0.115. The van der Waals surface area contributed by atoms with Crippen LogP contribution in [0.1, 0.15) is 40.7 Å². The average Bonchev–Trinajstić information content (AvgIpc) is 3.22. The van der Waals surface area contributed by atoms with E-state index >= 15 is 0 Å². The van der Waals surface area contributed by atoms with Crippen LogP contribution in [0.25, 0.3) is 0 Å². The zero-order chi connectivity index (χ0) is 17.9. The van der Waals surface area contributed by atoms with Gasteiger partial charge in [0.1, 0.15) is 17.4 Å². The van der Waals surface area contributed by atoms with E-state index in [-0.39, 0.29) is 12.3 Å². The molecule has 1 fully saturated rings. The summed E-state index contributed by atoms with van der Waals surface area (Å²) in [5.41, 5.74) is 3.06. The molecule has 2 heterocycles. The maximum atomic E-state index is 12.2. The second-order valence-corrected chi connectivity index (χ2v) is 8.21. The van der Waals surface area contributed by atoms with Gasteiger partial charge in [0.25, 0.3) is 0 Å². The Morgan fingerprint density at radius 3 is 2.77 bits per heavy atom. The van der Waals surface area contributed by atoms with Gasteiger partial charge in [0.15, 0.2) is 5.13 Å². The number of nitrogens with one attached hydrogen (secondary N) is 1. The summed E-state index contributed by atoms with van der Waals surface area (Å²) in [6, 6.07) is 7.92. The number of aryl methyl sites for hydroxylation is 1. The lowest BCUT2D eigenvalue weighted by Gasteiger charge is -2.03. The van der Waals surface area contributed by atoms with E-state index < -0.39 is 0 Å². The predicted octanol–water partition coefficient (Wildman–Crippen LogP) is 4.55. The fourth-order valence-corrected chi connectivity index (χ4v) is 4.03. The van der Waals surface area contributed by atoms with Crippen molar-refractivity contribution in [1.29, 1.82) is 0 Å². The third kappa shape index (κ3) is 4.47. The van der Waals surface area contributed by atoms with Gasteiger partial charge >= 0.3 is 0 Å². The molecule has 0 unspecified atom stereocenters. The SMILES string of the molecule is Cc1ccc(OCc2nc(CC(=O)Nc3nc(C4CC4)cs3)cs2)cc1. The van der Waals surface area contributed by atoms with Gasteiger partial charge in [-0.3, -0.25) is 4.79 Å². The summed E-state index contributed by atoms with van der Waals surface area (Å²) in [5, 5.41) is 8.35. The van der Waals surface area contributed by atoms with Crippen molar-refractivity contribution >= 4 is 33.7 Å². The molecular formula is C19H19N3O2S2. The first kappa shape index (κ1) is 17.2. The van der Waals surface area contributed by atoms with Crippen LogP contribution >= 0.6 is 22.7 Å². The lowest BCUT2D eigenvalue weighted by Crippen LogP contribution is -2.14. The molecule has 5 nitrogen and oxygen atoms in total. The number of carbonyl (C=O) groups excluding carboxylic acids is 1. The van der Waals surface area contributed by atoms with Gasteiger partial charge in [-0.05, 0) is 31.9 Å². The number of carbonyl (C=O) groups is 1. The number of hydrogen-bond donors (Lipinski definition) is 1. The minimum absolute atomic E-state index is 0.0852. The first-order valence-corrected chi connectivity index (χ1v) is 10.3. The smallest absolute Gasteiger partial charge is 0.232 e. The number of nitrogens with zero attached hydrogens (tertiary/aromatic N) is 2. The van der Waals surface area contributed by atoms with Gasteiger partial charge in [-0.2, -0.15) is 0 Å². The summed E-state index contributed by atoms with van der Waals surface area (Å²) >= 11 is 3.00. The molecule has 7 heteroatoms. The summed E-state index contributed by atoms with van der Waals surface area (Å²) in [6.07, 6.45) is 2.67. The quantitative estimate of drug-likeness (QED) is 0.648. The Balaban J connectivity index is 1.28. The van der Waals surface area contributed by atoms with Crippen molar-refractivity contribution in [2.24, 2.45) is 0 Å². The van der Waals surface area contributed by atoms with E-state index in [1.807, 2.05) is 41.9 Å². The topological polar surface area (TPSA) is 64.1 Å². The molecule has 26 heavy (non-hydrogen) atoms. The van der Waals surface area contributed by atoms with Crippen LogP contribution in [0.3, 0.4) is 0 Å². The lowest BCUT2D eigenvalue weighted by atomic mass is 10.2. The minimum atomic E-state index is -0.0852. The minimum Gasteiger partial charge on any atom is -0.486 e. The molecule has 1 amide bonds. The van der Waals surface area contributed by atoms with Gasteiger partial charge in [0, 0.05) is 16.7 Å². The highest BCUT2D eigenvalue weighted by Crippen LogP contribution is 2.40. The van der Waals surface area contributed by atoms with Gasteiger partial charge in [0.2, 0.25) is 5.91 Å². The van der Waals surface area contributed by atoms with Crippen LogP contribution in [-0.2, 0) is 17.8 Å². The Hall–Kier alpha value is -2.25. The highest BCUT2D eigenvalue weighted by Gasteiger charge is 2.26. The molecule has 0 atom stereocenters. The van der Waals surface area contributed by atoms with Gasteiger partial charge < -0.3 is 10.1 Å². The standard InChI is InChI=1S/C19H19N3O2S2/c1-12-2-6-15(7-3-12)24-9-18-20-14(10-25-18)8-17(23)22-19-21-16(11-26-19)13-4-5-13/h2-3,6-7,10-11,13H,4-5,8-9H2,1H3,(H,21,22,23). The number of rotatable bonds is 7. The number of thiazole rings is 2. The third-order valence-corrected chi connectivity index (χ3v) is 5.74. The van der Waals surface area contributed by atoms with Gasteiger partial charge in [0.05, 0.1) is 17.8 Å². The Labute approximate surface area is 160 Å².